The van der Waals surface area contributed by atoms with E-state index in [-0.39, 0.29) is 37.5 Å². The molecule has 0 unspecified atom stereocenters. The summed E-state index contributed by atoms with van der Waals surface area (Å²) in [5, 5.41) is 2.14. The molecular weight excluding hydrogens is 200 g/mol. The van der Waals surface area contributed by atoms with Gasteiger partial charge >= 0.3 is 0 Å². The molecule has 0 spiro atoms. The van der Waals surface area contributed by atoms with Gasteiger partial charge in [-0.05, 0) is 0 Å². The second-order valence-electron chi connectivity index (χ2n) is 3.69. The molecule has 1 N–H and O–H groups in total. The average molecular weight is 210 g/mol. The number of carbonyl (C=O) groups is 4. The van der Waals surface area contributed by atoms with Crippen molar-refractivity contribution in [3.8, 4) is 0 Å². The third kappa shape index (κ3) is 1.74. The Kier molecular flexibility index (Phi) is 2.26. The smallest absolute Gasteiger partial charge is 0.229 e. The molecule has 6 nitrogen and oxygen atoms in total. The van der Waals surface area contributed by atoms with Crippen LogP contribution in [-0.2, 0) is 19.2 Å². The predicted molar refractivity (Wildman–Crippen MR) is 47.3 cm³/mol. The van der Waals surface area contributed by atoms with Gasteiger partial charge in [0.1, 0.15) is 0 Å². The minimum atomic E-state index is -0.575. The maximum Gasteiger partial charge on any atom is 0.229 e. The maximum absolute atomic E-state index is 11.4. The van der Waals surface area contributed by atoms with Crippen molar-refractivity contribution in [2.75, 3.05) is 0 Å². The van der Waals surface area contributed by atoms with Gasteiger partial charge in [0.25, 0.3) is 0 Å². The molecule has 0 atom stereocenters. The first-order valence-electron chi connectivity index (χ1n) is 4.75. The highest BCUT2D eigenvalue weighted by Gasteiger charge is 2.39. The van der Waals surface area contributed by atoms with E-state index in [1.165, 1.54) is 0 Å². The van der Waals surface area contributed by atoms with E-state index in [1.807, 2.05) is 0 Å². The van der Waals surface area contributed by atoms with Crippen LogP contribution in [0.25, 0.3) is 0 Å². The van der Waals surface area contributed by atoms with Crippen molar-refractivity contribution in [1.82, 2.24) is 10.2 Å². The number of carbonyl (C=O) groups excluding carboxylic acids is 4. The topological polar surface area (TPSA) is 83.6 Å². The van der Waals surface area contributed by atoms with Crippen LogP contribution in [0.3, 0.4) is 0 Å². The summed E-state index contributed by atoms with van der Waals surface area (Å²) in [6.07, 6.45) is 0.433. The van der Waals surface area contributed by atoms with Gasteiger partial charge in [0, 0.05) is 25.7 Å². The van der Waals surface area contributed by atoms with Crippen molar-refractivity contribution in [2.24, 2.45) is 0 Å². The summed E-state index contributed by atoms with van der Waals surface area (Å²) in [4.78, 5) is 45.9. The molecule has 0 aromatic carbocycles. The Morgan fingerprint density at radius 3 is 1.87 bits per heavy atom. The van der Waals surface area contributed by atoms with E-state index in [4.69, 9.17) is 0 Å². The minimum Gasteiger partial charge on any atom is -0.296 e. The largest absolute Gasteiger partial charge is 0.296 e. The second kappa shape index (κ2) is 3.45. The summed E-state index contributed by atoms with van der Waals surface area (Å²) >= 11 is 0. The van der Waals surface area contributed by atoms with Gasteiger partial charge in [-0.2, -0.15) is 0 Å². The highest BCUT2D eigenvalue weighted by atomic mass is 16.2. The lowest BCUT2D eigenvalue weighted by Gasteiger charge is -2.28. The lowest BCUT2D eigenvalue weighted by Crippen LogP contribution is -2.50. The number of piperidine rings is 1. The normalized spacial score (nSPS) is 23.6. The molecule has 15 heavy (non-hydrogen) atoms. The van der Waals surface area contributed by atoms with Crippen molar-refractivity contribution < 1.29 is 19.2 Å². The molecule has 4 amide bonds. The van der Waals surface area contributed by atoms with Gasteiger partial charge in [0.05, 0.1) is 6.04 Å². The quantitative estimate of drug-likeness (QED) is 0.559. The summed E-state index contributed by atoms with van der Waals surface area (Å²) in [6.45, 7) is 0. The molecule has 0 radical (unpaired) electrons. The Bertz CT molecular complexity index is 331. The molecule has 2 saturated heterocycles. The highest BCUT2D eigenvalue weighted by Crippen LogP contribution is 2.21. The van der Waals surface area contributed by atoms with Gasteiger partial charge in [-0.25, -0.2) is 0 Å². The fourth-order valence-corrected chi connectivity index (χ4v) is 1.94. The Morgan fingerprint density at radius 2 is 1.40 bits per heavy atom. The number of amides is 4. The van der Waals surface area contributed by atoms with E-state index in [1.54, 1.807) is 0 Å². The standard InChI is InChI=1S/C9H10N2O4/c12-6-3-5(4-7(13)10-6)11-8(14)1-2-9(11)15/h5H,1-4H2,(H,10,12,13). The number of nitrogens with zero attached hydrogens (tertiary/aromatic N) is 1. The third-order valence-electron chi connectivity index (χ3n) is 2.58. The van der Waals surface area contributed by atoms with Crippen molar-refractivity contribution in [2.45, 2.75) is 31.7 Å². The molecule has 2 aliphatic heterocycles. The van der Waals surface area contributed by atoms with E-state index in [2.05, 4.69) is 5.32 Å². The van der Waals surface area contributed by atoms with Crippen LogP contribution < -0.4 is 5.32 Å². The molecule has 6 heteroatoms. The number of hydrogen-bond donors (Lipinski definition) is 1. The van der Waals surface area contributed by atoms with Crippen LogP contribution in [-0.4, -0.2) is 34.6 Å². The first kappa shape index (κ1) is 9.82. The number of imide groups is 2. The summed E-state index contributed by atoms with van der Waals surface area (Å²) in [6, 6.07) is -0.575. The zero-order chi connectivity index (χ0) is 11.0. The van der Waals surface area contributed by atoms with Gasteiger partial charge in [-0.15, -0.1) is 0 Å². The van der Waals surface area contributed by atoms with E-state index < -0.39 is 17.9 Å². The first-order chi connectivity index (χ1) is 7.08. The van der Waals surface area contributed by atoms with Crippen molar-refractivity contribution in [3.05, 3.63) is 0 Å². The van der Waals surface area contributed by atoms with E-state index >= 15 is 0 Å². The molecule has 2 aliphatic rings. The molecule has 0 aromatic rings. The lowest BCUT2D eigenvalue weighted by atomic mass is 10.0. The van der Waals surface area contributed by atoms with E-state index in [0.717, 1.165) is 4.90 Å². The number of likely N-dealkylation sites (tertiary alicyclic amines) is 1. The first-order valence-corrected chi connectivity index (χ1v) is 4.75. The Labute approximate surface area is 85.6 Å². The Balaban J connectivity index is 2.15. The highest BCUT2D eigenvalue weighted by molar-refractivity contribution is 6.05. The van der Waals surface area contributed by atoms with Crippen LogP contribution in [0.1, 0.15) is 25.7 Å². The van der Waals surface area contributed by atoms with Crippen LogP contribution in [0.5, 0.6) is 0 Å². The van der Waals surface area contributed by atoms with Crippen molar-refractivity contribution in [1.29, 1.82) is 0 Å². The van der Waals surface area contributed by atoms with E-state index in [9.17, 15) is 19.2 Å². The van der Waals surface area contributed by atoms with Crippen molar-refractivity contribution >= 4 is 23.6 Å². The fraction of sp³-hybridized carbons (Fsp3) is 0.556. The predicted octanol–water partition coefficient (Wildman–Crippen LogP) is -1.06. The average Bonchev–Trinajstić information content (AvgIpc) is 2.44. The zero-order valence-electron chi connectivity index (χ0n) is 7.99. The molecule has 0 bridgehead atoms. The van der Waals surface area contributed by atoms with Gasteiger partial charge in [-0.3, -0.25) is 29.4 Å². The SMILES string of the molecule is O=C1CC(N2C(=O)CCC2=O)CC(=O)N1. The van der Waals surface area contributed by atoms with Gasteiger partial charge in [0.2, 0.25) is 23.6 Å². The Morgan fingerprint density at radius 1 is 0.933 bits per heavy atom. The third-order valence-corrected chi connectivity index (χ3v) is 2.58. The molecular formula is C9H10N2O4. The summed E-state index contributed by atoms with van der Waals surface area (Å²) in [5.41, 5.74) is 0. The molecule has 2 heterocycles. The number of rotatable bonds is 1. The molecule has 0 aliphatic carbocycles. The van der Waals surface area contributed by atoms with Crippen LogP contribution in [0.15, 0.2) is 0 Å². The second-order valence-corrected chi connectivity index (χ2v) is 3.69. The summed E-state index contributed by atoms with van der Waals surface area (Å²) in [5.74, 6) is -1.42. The van der Waals surface area contributed by atoms with Gasteiger partial charge in [-0.1, -0.05) is 0 Å². The molecule has 2 rings (SSSR count). The fourth-order valence-electron chi connectivity index (χ4n) is 1.94. The number of nitrogens with one attached hydrogen (secondary N) is 1. The van der Waals surface area contributed by atoms with Crippen LogP contribution in [0, 0.1) is 0 Å². The molecule has 0 saturated carbocycles. The van der Waals surface area contributed by atoms with Crippen LogP contribution in [0.2, 0.25) is 0 Å². The summed E-state index contributed by atoms with van der Waals surface area (Å²) < 4.78 is 0. The van der Waals surface area contributed by atoms with Crippen molar-refractivity contribution in [3.63, 3.8) is 0 Å². The lowest BCUT2D eigenvalue weighted by molar-refractivity contribution is -0.144. The Hall–Kier alpha value is -1.72. The minimum absolute atomic E-state index is 0.0310. The molecule has 0 aromatic heterocycles. The van der Waals surface area contributed by atoms with E-state index in [0.29, 0.717) is 0 Å². The zero-order valence-corrected chi connectivity index (χ0v) is 7.99. The van der Waals surface area contributed by atoms with Crippen LogP contribution in [0.4, 0.5) is 0 Å². The van der Waals surface area contributed by atoms with Crippen LogP contribution >= 0.6 is 0 Å². The monoisotopic (exact) mass is 210 g/mol. The maximum atomic E-state index is 11.4. The molecule has 80 valence electrons. The van der Waals surface area contributed by atoms with Gasteiger partial charge in [0.15, 0.2) is 0 Å². The summed E-state index contributed by atoms with van der Waals surface area (Å²) in [7, 11) is 0. The number of hydrogen-bond acceptors (Lipinski definition) is 4. The van der Waals surface area contributed by atoms with Gasteiger partial charge < -0.3 is 0 Å². The molecule has 2 fully saturated rings.